The SMILES string of the molecule is COC(=O)c1nc(Cl)ccc1N1CCCS1(=O)=O. The van der Waals surface area contributed by atoms with E-state index in [1.807, 2.05) is 0 Å². The average Bonchev–Trinajstić information content (AvgIpc) is 2.68. The fourth-order valence-corrected chi connectivity index (χ4v) is 3.50. The molecule has 6 nitrogen and oxygen atoms in total. The van der Waals surface area contributed by atoms with Crippen LogP contribution in [0.2, 0.25) is 5.15 Å². The predicted octanol–water partition coefficient (Wildman–Crippen LogP) is 1.06. The molecule has 0 aromatic carbocycles. The summed E-state index contributed by atoms with van der Waals surface area (Å²) in [6.45, 7) is 0.329. The summed E-state index contributed by atoms with van der Waals surface area (Å²) in [5.74, 6) is -0.648. The van der Waals surface area contributed by atoms with E-state index in [1.54, 1.807) is 0 Å². The third-order valence-electron chi connectivity index (χ3n) is 2.59. The largest absolute Gasteiger partial charge is 0.464 e. The van der Waals surface area contributed by atoms with Crippen molar-refractivity contribution in [2.75, 3.05) is 23.7 Å². The topological polar surface area (TPSA) is 76.6 Å². The lowest BCUT2D eigenvalue weighted by atomic mass is 10.3. The Hall–Kier alpha value is -1.34. The van der Waals surface area contributed by atoms with Crippen molar-refractivity contribution >= 4 is 33.3 Å². The quantitative estimate of drug-likeness (QED) is 0.601. The van der Waals surface area contributed by atoms with Crippen LogP contribution >= 0.6 is 11.6 Å². The van der Waals surface area contributed by atoms with Gasteiger partial charge in [-0.05, 0) is 18.6 Å². The molecule has 0 amide bonds. The maximum absolute atomic E-state index is 11.8. The summed E-state index contributed by atoms with van der Waals surface area (Å²) in [6, 6.07) is 2.90. The van der Waals surface area contributed by atoms with Crippen molar-refractivity contribution in [2.45, 2.75) is 6.42 Å². The Morgan fingerprint density at radius 1 is 1.50 bits per heavy atom. The summed E-state index contributed by atoms with van der Waals surface area (Å²) in [4.78, 5) is 15.4. The fraction of sp³-hybridized carbons (Fsp3) is 0.400. The first-order valence-electron chi connectivity index (χ1n) is 5.21. The van der Waals surface area contributed by atoms with Crippen molar-refractivity contribution in [3.05, 3.63) is 23.0 Å². The summed E-state index contributed by atoms with van der Waals surface area (Å²) in [7, 11) is -2.17. The summed E-state index contributed by atoms with van der Waals surface area (Å²) in [6.07, 6.45) is 0.519. The molecule has 1 saturated heterocycles. The Labute approximate surface area is 110 Å². The van der Waals surface area contributed by atoms with Crippen LogP contribution in [-0.4, -0.2) is 38.8 Å². The average molecular weight is 291 g/mol. The van der Waals surface area contributed by atoms with Crippen LogP contribution in [0.3, 0.4) is 0 Å². The molecule has 1 aromatic rings. The molecule has 18 heavy (non-hydrogen) atoms. The van der Waals surface area contributed by atoms with Gasteiger partial charge in [0.05, 0.1) is 18.6 Å². The van der Waals surface area contributed by atoms with E-state index in [9.17, 15) is 13.2 Å². The monoisotopic (exact) mass is 290 g/mol. The van der Waals surface area contributed by atoms with Gasteiger partial charge in [-0.1, -0.05) is 11.6 Å². The molecule has 1 aromatic heterocycles. The number of rotatable bonds is 2. The number of nitrogens with zero attached hydrogens (tertiary/aromatic N) is 2. The second-order valence-corrected chi connectivity index (χ2v) is 6.14. The van der Waals surface area contributed by atoms with Crippen molar-refractivity contribution in [3.8, 4) is 0 Å². The summed E-state index contributed by atoms with van der Waals surface area (Å²) < 4.78 is 29.4. The van der Waals surface area contributed by atoms with Crippen molar-refractivity contribution in [1.29, 1.82) is 0 Å². The third-order valence-corrected chi connectivity index (χ3v) is 4.65. The Morgan fingerprint density at radius 2 is 2.22 bits per heavy atom. The molecule has 0 bridgehead atoms. The van der Waals surface area contributed by atoms with Crippen molar-refractivity contribution < 1.29 is 17.9 Å². The summed E-state index contributed by atoms with van der Waals surface area (Å²) in [5, 5.41) is 0.107. The highest BCUT2D eigenvalue weighted by Gasteiger charge is 2.32. The molecule has 0 aliphatic carbocycles. The molecule has 98 valence electrons. The highest BCUT2D eigenvalue weighted by Crippen LogP contribution is 2.28. The highest BCUT2D eigenvalue weighted by molar-refractivity contribution is 7.93. The van der Waals surface area contributed by atoms with Gasteiger partial charge in [0.1, 0.15) is 5.15 Å². The maximum Gasteiger partial charge on any atom is 0.358 e. The van der Waals surface area contributed by atoms with Gasteiger partial charge in [0.2, 0.25) is 10.0 Å². The van der Waals surface area contributed by atoms with E-state index in [0.29, 0.717) is 13.0 Å². The molecule has 0 unspecified atom stereocenters. The first-order valence-corrected chi connectivity index (χ1v) is 7.19. The lowest BCUT2D eigenvalue weighted by molar-refractivity contribution is 0.0595. The molecule has 0 spiro atoms. The molecule has 0 atom stereocenters. The number of sulfonamides is 1. The molecular formula is C10H11ClN2O4S. The number of methoxy groups -OCH3 is 1. The number of halogens is 1. The van der Waals surface area contributed by atoms with Gasteiger partial charge in [-0.3, -0.25) is 4.31 Å². The van der Waals surface area contributed by atoms with Crippen LogP contribution in [0.15, 0.2) is 12.1 Å². The lowest BCUT2D eigenvalue weighted by Gasteiger charge is -2.18. The van der Waals surface area contributed by atoms with Gasteiger partial charge in [0.25, 0.3) is 0 Å². The van der Waals surface area contributed by atoms with Crippen LogP contribution in [0.5, 0.6) is 0 Å². The predicted molar refractivity (Wildman–Crippen MR) is 66.3 cm³/mol. The molecule has 2 heterocycles. The number of carbonyl (C=O) groups excluding carboxylic acids is 1. The number of esters is 1. The van der Waals surface area contributed by atoms with Crippen LogP contribution < -0.4 is 4.31 Å². The molecule has 2 rings (SSSR count). The Kier molecular flexibility index (Phi) is 3.45. The van der Waals surface area contributed by atoms with Crippen LogP contribution in [0.25, 0.3) is 0 Å². The number of ether oxygens (including phenoxy) is 1. The Bertz CT molecular complexity index is 588. The maximum atomic E-state index is 11.8. The van der Waals surface area contributed by atoms with Crippen molar-refractivity contribution in [1.82, 2.24) is 4.98 Å². The summed E-state index contributed by atoms with van der Waals surface area (Å²) >= 11 is 5.71. The van der Waals surface area contributed by atoms with E-state index in [1.165, 1.54) is 23.5 Å². The number of hydrogen-bond donors (Lipinski definition) is 0. The van der Waals surface area contributed by atoms with Gasteiger partial charge in [-0.15, -0.1) is 0 Å². The van der Waals surface area contributed by atoms with E-state index in [-0.39, 0.29) is 22.3 Å². The van der Waals surface area contributed by atoms with Crippen LogP contribution in [-0.2, 0) is 14.8 Å². The van der Waals surface area contributed by atoms with Crippen molar-refractivity contribution in [2.24, 2.45) is 0 Å². The van der Waals surface area contributed by atoms with Gasteiger partial charge in [-0.25, -0.2) is 18.2 Å². The Balaban J connectivity index is 2.54. The smallest absolute Gasteiger partial charge is 0.358 e. The molecule has 0 radical (unpaired) electrons. The zero-order valence-electron chi connectivity index (χ0n) is 9.59. The highest BCUT2D eigenvalue weighted by atomic mass is 35.5. The van der Waals surface area contributed by atoms with Gasteiger partial charge < -0.3 is 4.74 Å². The number of pyridine rings is 1. The third kappa shape index (κ3) is 2.28. The minimum absolute atomic E-state index is 0.0657. The summed E-state index contributed by atoms with van der Waals surface area (Å²) in [5.41, 5.74) is 0.124. The molecular weight excluding hydrogens is 280 g/mol. The Morgan fingerprint density at radius 3 is 2.78 bits per heavy atom. The number of hydrogen-bond acceptors (Lipinski definition) is 5. The van der Waals surface area contributed by atoms with E-state index >= 15 is 0 Å². The van der Waals surface area contributed by atoms with Gasteiger partial charge in [-0.2, -0.15) is 0 Å². The first-order chi connectivity index (χ1) is 8.45. The minimum atomic E-state index is -3.37. The van der Waals surface area contributed by atoms with E-state index < -0.39 is 16.0 Å². The van der Waals surface area contributed by atoms with Gasteiger partial charge in [0, 0.05) is 6.54 Å². The van der Waals surface area contributed by atoms with E-state index in [0.717, 1.165) is 0 Å². The number of carbonyl (C=O) groups is 1. The second-order valence-electron chi connectivity index (χ2n) is 3.73. The molecule has 1 fully saturated rings. The van der Waals surface area contributed by atoms with Gasteiger partial charge >= 0.3 is 5.97 Å². The molecule has 0 N–H and O–H groups in total. The number of anilines is 1. The van der Waals surface area contributed by atoms with Crippen LogP contribution in [0, 0.1) is 0 Å². The molecule has 1 aliphatic heterocycles. The standard InChI is InChI=1S/C10H11ClN2O4S/c1-17-10(14)9-7(3-4-8(11)12-9)13-5-2-6-18(13,15)16/h3-4H,2,5-6H2,1H3. The molecule has 0 saturated carbocycles. The minimum Gasteiger partial charge on any atom is -0.464 e. The van der Waals surface area contributed by atoms with Crippen LogP contribution in [0.1, 0.15) is 16.9 Å². The second kappa shape index (κ2) is 4.74. The van der Waals surface area contributed by atoms with E-state index in [2.05, 4.69) is 9.72 Å². The normalized spacial score (nSPS) is 17.8. The number of aromatic nitrogens is 1. The molecule has 8 heteroatoms. The fourth-order valence-electron chi connectivity index (χ4n) is 1.79. The first kappa shape index (κ1) is 13.1. The van der Waals surface area contributed by atoms with Crippen LogP contribution in [0.4, 0.5) is 5.69 Å². The zero-order chi connectivity index (χ0) is 13.3. The van der Waals surface area contributed by atoms with Gasteiger partial charge in [0.15, 0.2) is 5.69 Å². The van der Waals surface area contributed by atoms with E-state index in [4.69, 9.17) is 11.6 Å². The lowest BCUT2D eigenvalue weighted by Crippen LogP contribution is -2.27. The van der Waals surface area contributed by atoms with Crippen molar-refractivity contribution in [3.63, 3.8) is 0 Å². The molecule has 1 aliphatic rings. The zero-order valence-corrected chi connectivity index (χ0v) is 11.2.